The van der Waals surface area contributed by atoms with Gasteiger partial charge in [-0.05, 0) is 41.5 Å². The second-order valence-electron chi connectivity index (χ2n) is 8.15. The second-order valence-corrected chi connectivity index (χ2v) is 8.15. The molecule has 10 heteroatoms. The van der Waals surface area contributed by atoms with Crippen LogP contribution in [0, 0.1) is 0 Å². The number of hydrogen-bond donors (Lipinski definition) is 1. The van der Waals surface area contributed by atoms with Gasteiger partial charge < -0.3 is 25.4 Å². The number of anilines is 1. The van der Waals surface area contributed by atoms with Crippen LogP contribution in [0.5, 0.6) is 17.2 Å². The zero-order valence-electron chi connectivity index (χ0n) is 20.3. The molecule has 0 bridgehead atoms. The summed E-state index contributed by atoms with van der Waals surface area (Å²) >= 11 is 0. The number of rotatable bonds is 8. The molecule has 0 radical (unpaired) electrons. The molecule has 0 aliphatic carbocycles. The molecule has 0 saturated carbocycles. The molecule has 2 aromatic carbocycles. The van der Waals surface area contributed by atoms with E-state index >= 15 is 0 Å². The third-order valence-electron chi connectivity index (χ3n) is 5.77. The molecule has 0 spiro atoms. The average molecular weight is 489 g/mol. The first-order valence-corrected chi connectivity index (χ1v) is 11.1. The smallest absolute Gasteiger partial charge is 0.202 e. The Morgan fingerprint density at radius 3 is 2.36 bits per heavy atom. The van der Waals surface area contributed by atoms with Crippen molar-refractivity contribution in [3.8, 4) is 28.4 Å². The van der Waals surface area contributed by atoms with E-state index in [1.807, 2.05) is 72.5 Å². The van der Waals surface area contributed by atoms with Crippen molar-refractivity contribution in [2.45, 2.75) is 13.2 Å². The van der Waals surface area contributed by atoms with Crippen LogP contribution in [0.1, 0.15) is 11.1 Å². The normalized spacial score (nSPS) is 10.8. The molecule has 0 amide bonds. The highest BCUT2D eigenvalue weighted by atomic mass is 16.5. The van der Waals surface area contributed by atoms with Gasteiger partial charge in [0, 0.05) is 30.6 Å². The lowest BCUT2D eigenvalue weighted by molar-refractivity contribution is 0.284. The summed E-state index contributed by atoms with van der Waals surface area (Å²) < 4.78 is 20.4. The molecule has 4 N–H and O–H groups in total. The summed E-state index contributed by atoms with van der Waals surface area (Å²) in [6, 6.07) is 15.6. The van der Waals surface area contributed by atoms with E-state index in [-0.39, 0.29) is 5.48 Å². The lowest BCUT2D eigenvalue weighted by Gasteiger charge is -2.13. The van der Waals surface area contributed by atoms with Gasteiger partial charge >= 0.3 is 0 Å². The van der Waals surface area contributed by atoms with E-state index in [0.717, 1.165) is 33.5 Å². The number of benzene rings is 2. The molecule has 36 heavy (non-hydrogen) atoms. The van der Waals surface area contributed by atoms with E-state index in [4.69, 9.17) is 19.9 Å². The van der Waals surface area contributed by atoms with Gasteiger partial charge in [0.05, 0.1) is 27.0 Å². The SMILES string of the molecule is COc1ccc(COc2ccc(Cn3c(N)nc4cc(-c5cnn(C)c5)cnc43)cc2OC)cc1.O. The predicted octanol–water partition coefficient (Wildman–Crippen LogP) is 3.23. The number of nitrogen functional groups attached to an aromatic ring is 1. The Hall–Kier alpha value is -4.57. The van der Waals surface area contributed by atoms with Crippen molar-refractivity contribution in [2.75, 3.05) is 20.0 Å². The molecular weight excluding hydrogens is 460 g/mol. The van der Waals surface area contributed by atoms with Gasteiger partial charge in [-0.1, -0.05) is 18.2 Å². The Morgan fingerprint density at radius 2 is 1.67 bits per heavy atom. The molecular formula is C26H28N6O4. The number of methoxy groups -OCH3 is 2. The summed E-state index contributed by atoms with van der Waals surface area (Å²) in [5, 5.41) is 4.22. The van der Waals surface area contributed by atoms with E-state index in [0.29, 0.717) is 36.2 Å². The number of nitrogens with two attached hydrogens (primary N) is 1. The van der Waals surface area contributed by atoms with Crippen LogP contribution in [-0.4, -0.2) is 44.0 Å². The monoisotopic (exact) mass is 488 g/mol. The largest absolute Gasteiger partial charge is 0.497 e. The minimum Gasteiger partial charge on any atom is -0.497 e. The van der Waals surface area contributed by atoms with Crippen LogP contribution < -0.4 is 19.9 Å². The summed E-state index contributed by atoms with van der Waals surface area (Å²) in [6.07, 6.45) is 5.55. The fourth-order valence-electron chi connectivity index (χ4n) is 3.91. The van der Waals surface area contributed by atoms with Crippen LogP contribution in [0.2, 0.25) is 0 Å². The summed E-state index contributed by atoms with van der Waals surface area (Å²) in [6.45, 7) is 0.915. The van der Waals surface area contributed by atoms with Crippen molar-refractivity contribution in [3.05, 3.63) is 78.2 Å². The molecule has 0 fully saturated rings. The maximum atomic E-state index is 6.26. The highest BCUT2D eigenvalue weighted by Gasteiger charge is 2.14. The number of aromatic nitrogens is 5. The molecule has 186 valence electrons. The zero-order valence-corrected chi connectivity index (χ0v) is 20.3. The molecule has 0 aliphatic rings. The zero-order chi connectivity index (χ0) is 24.4. The van der Waals surface area contributed by atoms with E-state index in [1.165, 1.54) is 0 Å². The van der Waals surface area contributed by atoms with Crippen molar-refractivity contribution >= 4 is 17.1 Å². The highest BCUT2D eigenvalue weighted by Crippen LogP contribution is 2.30. The topological polar surface area (TPSA) is 134 Å². The van der Waals surface area contributed by atoms with Crippen LogP contribution in [0.25, 0.3) is 22.3 Å². The fraction of sp³-hybridized carbons (Fsp3) is 0.192. The first kappa shape index (κ1) is 24.6. The summed E-state index contributed by atoms with van der Waals surface area (Å²) in [5.41, 5.74) is 11.6. The molecule has 3 aromatic heterocycles. The standard InChI is InChI=1S/C26H26N6O3.H2O/c1-31-15-20(13-29-31)19-11-22-25(28-12-19)32(26(27)30-22)14-18-6-9-23(24(10-18)34-3)35-16-17-4-7-21(33-2)8-5-17;/h4-13,15H,14,16H2,1-3H3,(H2,27,30);1H2. The second kappa shape index (κ2) is 10.4. The lowest BCUT2D eigenvalue weighted by Crippen LogP contribution is -2.06. The number of imidazole rings is 1. The van der Waals surface area contributed by atoms with Gasteiger partial charge in [-0.15, -0.1) is 0 Å². The van der Waals surface area contributed by atoms with Gasteiger partial charge in [0.1, 0.15) is 17.9 Å². The Morgan fingerprint density at radius 1 is 0.889 bits per heavy atom. The van der Waals surface area contributed by atoms with Gasteiger partial charge in [-0.2, -0.15) is 5.10 Å². The van der Waals surface area contributed by atoms with Crippen LogP contribution in [0.3, 0.4) is 0 Å². The third kappa shape index (κ3) is 4.93. The molecule has 0 atom stereocenters. The molecule has 0 unspecified atom stereocenters. The summed E-state index contributed by atoms with van der Waals surface area (Å²) in [4.78, 5) is 9.16. The van der Waals surface area contributed by atoms with E-state index in [9.17, 15) is 0 Å². The van der Waals surface area contributed by atoms with Crippen LogP contribution in [0.15, 0.2) is 67.1 Å². The molecule has 0 saturated heterocycles. The van der Waals surface area contributed by atoms with Crippen LogP contribution in [-0.2, 0) is 20.2 Å². The van der Waals surface area contributed by atoms with E-state index in [1.54, 1.807) is 25.1 Å². The van der Waals surface area contributed by atoms with Crippen molar-refractivity contribution < 1.29 is 19.7 Å². The molecule has 3 heterocycles. The number of aryl methyl sites for hydroxylation is 1. The quantitative estimate of drug-likeness (QED) is 0.354. The van der Waals surface area contributed by atoms with Gasteiger partial charge in [0.15, 0.2) is 17.1 Å². The Bertz CT molecular complexity index is 1480. The maximum absolute atomic E-state index is 6.26. The van der Waals surface area contributed by atoms with Gasteiger partial charge in [-0.25, -0.2) is 9.97 Å². The molecule has 10 nitrogen and oxygen atoms in total. The first-order valence-electron chi connectivity index (χ1n) is 11.1. The molecule has 5 rings (SSSR count). The minimum atomic E-state index is 0. The van der Waals surface area contributed by atoms with Crippen molar-refractivity contribution in [1.29, 1.82) is 0 Å². The number of nitrogens with zero attached hydrogens (tertiary/aromatic N) is 5. The number of hydrogen-bond acceptors (Lipinski definition) is 7. The summed E-state index contributed by atoms with van der Waals surface area (Å²) in [7, 11) is 5.15. The first-order chi connectivity index (χ1) is 17.0. The third-order valence-corrected chi connectivity index (χ3v) is 5.77. The fourth-order valence-corrected chi connectivity index (χ4v) is 3.91. The van der Waals surface area contributed by atoms with Crippen LogP contribution >= 0.6 is 0 Å². The molecule has 0 aliphatic heterocycles. The Labute approximate surface area is 208 Å². The average Bonchev–Trinajstić information content (AvgIpc) is 3.45. The van der Waals surface area contributed by atoms with Gasteiger partial charge in [0.25, 0.3) is 0 Å². The van der Waals surface area contributed by atoms with Gasteiger partial charge in [-0.3, -0.25) is 9.25 Å². The van der Waals surface area contributed by atoms with Crippen molar-refractivity contribution in [3.63, 3.8) is 0 Å². The maximum Gasteiger partial charge on any atom is 0.202 e. The van der Waals surface area contributed by atoms with Gasteiger partial charge in [0.2, 0.25) is 5.95 Å². The minimum absolute atomic E-state index is 0. The Kier molecular flexibility index (Phi) is 7.07. The number of ether oxygens (including phenoxy) is 3. The Balaban J connectivity index is 0.00000304. The summed E-state index contributed by atoms with van der Waals surface area (Å²) in [5.74, 6) is 2.51. The highest BCUT2D eigenvalue weighted by molar-refractivity contribution is 5.80. The van der Waals surface area contributed by atoms with E-state index in [2.05, 4.69) is 15.1 Å². The lowest BCUT2D eigenvalue weighted by atomic mass is 10.1. The van der Waals surface area contributed by atoms with Crippen molar-refractivity contribution in [1.82, 2.24) is 24.3 Å². The molecule has 5 aromatic rings. The van der Waals surface area contributed by atoms with E-state index < -0.39 is 0 Å². The van der Waals surface area contributed by atoms with Crippen molar-refractivity contribution in [2.24, 2.45) is 7.05 Å². The predicted molar refractivity (Wildman–Crippen MR) is 137 cm³/mol. The number of fused-ring (bicyclic) bond motifs is 1. The van der Waals surface area contributed by atoms with Crippen LogP contribution in [0.4, 0.5) is 5.95 Å². The number of pyridine rings is 1.